The first kappa shape index (κ1) is 11.9. The third-order valence-electron chi connectivity index (χ3n) is 4.33. The van der Waals surface area contributed by atoms with Gasteiger partial charge in [-0.25, -0.2) is 0 Å². The Balaban J connectivity index is 1.95. The molecule has 1 heterocycles. The molecule has 1 saturated heterocycles. The summed E-state index contributed by atoms with van der Waals surface area (Å²) in [5, 5.41) is 12.5. The third-order valence-corrected chi connectivity index (χ3v) is 4.33. The molecule has 3 heteroatoms. The Morgan fingerprint density at radius 3 is 2.25 bits per heavy atom. The van der Waals surface area contributed by atoms with Crippen LogP contribution >= 0.6 is 0 Å². The molecule has 2 aliphatic rings. The summed E-state index contributed by atoms with van der Waals surface area (Å²) in [5.74, 6) is 0.300. The van der Waals surface area contributed by atoms with Crippen molar-refractivity contribution < 1.29 is 9.90 Å². The third kappa shape index (κ3) is 2.76. The fourth-order valence-electron chi connectivity index (χ4n) is 3.38. The minimum atomic E-state index is -0.600. The fourth-order valence-corrected chi connectivity index (χ4v) is 3.38. The Kier molecular flexibility index (Phi) is 4.22. The smallest absolute Gasteiger partial charge is 0.308 e. The van der Waals surface area contributed by atoms with Crippen LogP contribution in [0.15, 0.2) is 0 Å². The highest BCUT2D eigenvalue weighted by atomic mass is 16.4. The molecular formula is C13H23NO2. The van der Waals surface area contributed by atoms with Crippen molar-refractivity contribution >= 4 is 5.97 Å². The molecule has 0 bridgehead atoms. The predicted molar refractivity (Wildman–Crippen MR) is 63.3 cm³/mol. The van der Waals surface area contributed by atoms with E-state index in [1.165, 1.54) is 44.9 Å². The van der Waals surface area contributed by atoms with Gasteiger partial charge in [-0.2, -0.15) is 0 Å². The number of carboxylic acid groups (broad SMARTS) is 1. The first-order chi connectivity index (χ1) is 7.79. The minimum absolute atomic E-state index is 0.135. The summed E-state index contributed by atoms with van der Waals surface area (Å²) in [6.07, 6.45) is 9.15. The normalized spacial score (nSPS) is 33.2. The van der Waals surface area contributed by atoms with Crippen molar-refractivity contribution in [2.45, 2.75) is 44.9 Å². The Bertz CT molecular complexity index is 234. The Hall–Kier alpha value is -0.570. The van der Waals surface area contributed by atoms with E-state index in [4.69, 9.17) is 0 Å². The van der Waals surface area contributed by atoms with E-state index in [-0.39, 0.29) is 5.92 Å². The van der Waals surface area contributed by atoms with Crippen LogP contribution in [0.5, 0.6) is 0 Å². The van der Waals surface area contributed by atoms with E-state index >= 15 is 0 Å². The Labute approximate surface area is 97.6 Å². The van der Waals surface area contributed by atoms with Gasteiger partial charge in [-0.15, -0.1) is 0 Å². The van der Waals surface area contributed by atoms with Gasteiger partial charge in [0, 0.05) is 6.54 Å². The van der Waals surface area contributed by atoms with Crippen molar-refractivity contribution in [1.82, 2.24) is 5.32 Å². The number of rotatable bonds is 2. The number of carboxylic acids is 1. The van der Waals surface area contributed by atoms with Crippen LogP contribution in [0.2, 0.25) is 0 Å². The Morgan fingerprint density at radius 1 is 1.00 bits per heavy atom. The molecule has 2 atom stereocenters. The second-order valence-electron chi connectivity index (χ2n) is 5.37. The van der Waals surface area contributed by atoms with Crippen molar-refractivity contribution in [3.8, 4) is 0 Å². The largest absolute Gasteiger partial charge is 0.481 e. The lowest BCUT2D eigenvalue weighted by atomic mass is 9.77. The van der Waals surface area contributed by atoms with Crippen LogP contribution in [0.25, 0.3) is 0 Å². The monoisotopic (exact) mass is 225 g/mol. The highest BCUT2D eigenvalue weighted by molar-refractivity contribution is 5.71. The number of carbonyl (C=O) groups is 1. The lowest BCUT2D eigenvalue weighted by Crippen LogP contribution is -2.28. The van der Waals surface area contributed by atoms with E-state index in [0.717, 1.165) is 6.54 Å². The zero-order chi connectivity index (χ0) is 11.4. The Morgan fingerprint density at radius 2 is 1.62 bits per heavy atom. The van der Waals surface area contributed by atoms with Crippen LogP contribution in [-0.4, -0.2) is 24.2 Å². The second-order valence-corrected chi connectivity index (χ2v) is 5.37. The SMILES string of the molecule is O=C(O)C1CNCC1C1CCCCCCC1. The van der Waals surface area contributed by atoms with Gasteiger partial charge in [0.15, 0.2) is 0 Å². The molecule has 0 aromatic heterocycles. The van der Waals surface area contributed by atoms with E-state index in [9.17, 15) is 9.90 Å². The van der Waals surface area contributed by atoms with Crippen molar-refractivity contribution in [2.75, 3.05) is 13.1 Å². The van der Waals surface area contributed by atoms with Crippen molar-refractivity contribution in [2.24, 2.45) is 17.8 Å². The molecule has 0 aromatic carbocycles. The summed E-state index contributed by atoms with van der Waals surface area (Å²) in [7, 11) is 0. The fraction of sp³-hybridized carbons (Fsp3) is 0.923. The first-order valence-electron chi connectivity index (χ1n) is 6.72. The molecule has 1 aliphatic heterocycles. The molecule has 0 aromatic rings. The topological polar surface area (TPSA) is 49.3 Å². The quantitative estimate of drug-likeness (QED) is 0.758. The molecule has 2 rings (SSSR count). The molecular weight excluding hydrogens is 202 g/mol. The second kappa shape index (κ2) is 5.67. The van der Waals surface area contributed by atoms with Crippen molar-refractivity contribution in [1.29, 1.82) is 0 Å². The number of nitrogens with one attached hydrogen (secondary N) is 1. The summed E-state index contributed by atoms with van der Waals surface area (Å²) in [6, 6.07) is 0. The highest BCUT2D eigenvalue weighted by Crippen LogP contribution is 2.34. The van der Waals surface area contributed by atoms with Crippen LogP contribution in [0, 0.1) is 17.8 Å². The zero-order valence-electron chi connectivity index (χ0n) is 9.95. The van der Waals surface area contributed by atoms with Crippen molar-refractivity contribution in [3.05, 3.63) is 0 Å². The molecule has 1 saturated carbocycles. The number of hydrogen-bond donors (Lipinski definition) is 2. The first-order valence-corrected chi connectivity index (χ1v) is 6.72. The predicted octanol–water partition coefficient (Wildman–Crippen LogP) is 2.27. The van der Waals surface area contributed by atoms with Gasteiger partial charge in [-0.3, -0.25) is 4.79 Å². The summed E-state index contributed by atoms with van der Waals surface area (Å²) in [4.78, 5) is 11.2. The van der Waals surface area contributed by atoms with Gasteiger partial charge in [0.25, 0.3) is 0 Å². The maximum absolute atomic E-state index is 11.2. The molecule has 2 N–H and O–H groups in total. The summed E-state index contributed by atoms with van der Waals surface area (Å²) < 4.78 is 0. The molecule has 16 heavy (non-hydrogen) atoms. The number of aliphatic carboxylic acids is 1. The molecule has 0 radical (unpaired) electrons. The summed E-state index contributed by atoms with van der Waals surface area (Å²) in [6.45, 7) is 1.60. The lowest BCUT2D eigenvalue weighted by molar-refractivity contribution is -0.143. The summed E-state index contributed by atoms with van der Waals surface area (Å²) in [5.41, 5.74) is 0. The van der Waals surface area contributed by atoms with E-state index in [1.54, 1.807) is 0 Å². The maximum Gasteiger partial charge on any atom is 0.308 e. The van der Waals surface area contributed by atoms with Crippen LogP contribution in [0.4, 0.5) is 0 Å². The van der Waals surface area contributed by atoms with Gasteiger partial charge in [0.2, 0.25) is 0 Å². The summed E-state index contributed by atoms with van der Waals surface area (Å²) >= 11 is 0. The van der Waals surface area contributed by atoms with Crippen LogP contribution in [0.1, 0.15) is 44.9 Å². The standard InChI is InChI=1S/C13H23NO2/c15-13(16)12-9-14-8-11(12)10-6-4-2-1-3-5-7-10/h10-12,14H,1-9H2,(H,15,16). The van der Waals surface area contributed by atoms with Crippen LogP contribution in [0.3, 0.4) is 0 Å². The molecule has 2 fully saturated rings. The molecule has 0 spiro atoms. The van der Waals surface area contributed by atoms with Gasteiger partial charge >= 0.3 is 5.97 Å². The zero-order valence-corrected chi connectivity index (χ0v) is 9.95. The molecule has 0 amide bonds. The van der Waals surface area contributed by atoms with Gasteiger partial charge in [-0.1, -0.05) is 44.9 Å². The average molecular weight is 225 g/mol. The van der Waals surface area contributed by atoms with Crippen LogP contribution < -0.4 is 5.32 Å². The highest BCUT2D eigenvalue weighted by Gasteiger charge is 2.37. The van der Waals surface area contributed by atoms with E-state index in [1.807, 2.05) is 0 Å². The maximum atomic E-state index is 11.2. The van der Waals surface area contributed by atoms with Crippen LogP contribution in [-0.2, 0) is 4.79 Å². The van der Waals surface area contributed by atoms with Gasteiger partial charge < -0.3 is 10.4 Å². The van der Waals surface area contributed by atoms with E-state index in [2.05, 4.69) is 5.32 Å². The van der Waals surface area contributed by atoms with Gasteiger partial charge in [0.05, 0.1) is 5.92 Å². The molecule has 1 aliphatic carbocycles. The molecule has 92 valence electrons. The average Bonchev–Trinajstić information content (AvgIpc) is 2.65. The molecule has 3 nitrogen and oxygen atoms in total. The lowest BCUT2D eigenvalue weighted by Gasteiger charge is -2.27. The number of hydrogen-bond acceptors (Lipinski definition) is 2. The van der Waals surface area contributed by atoms with Crippen molar-refractivity contribution in [3.63, 3.8) is 0 Å². The minimum Gasteiger partial charge on any atom is -0.481 e. The van der Waals surface area contributed by atoms with Gasteiger partial charge in [-0.05, 0) is 18.4 Å². The van der Waals surface area contributed by atoms with Gasteiger partial charge in [0.1, 0.15) is 0 Å². The van der Waals surface area contributed by atoms with E-state index < -0.39 is 5.97 Å². The van der Waals surface area contributed by atoms with E-state index in [0.29, 0.717) is 18.4 Å². The molecule has 2 unspecified atom stereocenters.